The van der Waals surface area contributed by atoms with Crippen molar-refractivity contribution < 1.29 is 34.4 Å². The van der Waals surface area contributed by atoms with Crippen LogP contribution >= 0.6 is 0 Å². The second-order valence-electron chi connectivity index (χ2n) is 4.94. The maximum atomic E-state index is 12.2. The van der Waals surface area contributed by atoms with E-state index >= 15 is 0 Å². The van der Waals surface area contributed by atoms with Gasteiger partial charge in [0, 0.05) is 0 Å². The van der Waals surface area contributed by atoms with Gasteiger partial charge >= 0.3 is 117 Å². The van der Waals surface area contributed by atoms with Crippen LogP contribution in [0.5, 0.6) is 0 Å². The van der Waals surface area contributed by atoms with Gasteiger partial charge in [-0.05, 0) is 0 Å². The summed E-state index contributed by atoms with van der Waals surface area (Å²) >= 11 is -4.41. The fourth-order valence-corrected chi connectivity index (χ4v) is 17.1. The number of allylic oxidation sites excluding steroid dienone is 1. The van der Waals surface area contributed by atoms with Gasteiger partial charge in [-0.3, -0.25) is 0 Å². The molecule has 0 aromatic heterocycles. The Balaban J connectivity index is 2.66. The third-order valence-electron chi connectivity index (χ3n) is 3.93. The summed E-state index contributed by atoms with van der Waals surface area (Å²) in [6.45, 7) is 4.25. The Morgan fingerprint density at radius 3 is 2.00 bits per heavy atom. The molecule has 1 aliphatic carbocycles. The number of carbonyl (C=O) groups excluding carboxylic acids is 3. The molecule has 0 bridgehead atoms. The van der Waals surface area contributed by atoms with E-state index in [-0.39, 0.29) is 14.3 Å². The summed E-state index contributed by atoms with van der Waals surface area (Å²) in [5.41, 5.74) is 1.98. The minimum absolute atomic E-state index is 0.168. The molecule has 0 radical (unpaired) electrons. The van der Waals surface area contributed by atoms with Crippen molar-refractivity contribution in [3.63, 3.8) is 0 Å². The molecule has 4 heteroatoms. The van der Waals surface area contributed by atoms with E-state index in [0.717, 1.165) is 11.1 Å². The first kappa shape index (κ1) is 14.3. The maximum absolute atomic E-state index is 12.2. The fourth-order valence-electron chi connectivity index (χ4n) is 3.03. The van der Waals surface area contributed by atoms with Gasteiger partial charge in [-0.2, -0.15) is 0 Å². The van der Waals surface area contributed by atoms with Crippen molar-refractivity contribution in [1.29, 1.82) is 0 Å². The third-order valence-corrected chi connectivity index (χ3v) is 21.1. The normalized spacial score (nSPS) is 17.1. The second-order valence-corrected chi connectivity index (χ2v) is 20.6. The van der Waals surface area contributed by atoms with Gasteiger partial charge in [0.2, 0.25) is 0 Å². The van der Waals surface area contributed by atoms with E-state index < -0.39 is 20.0 Å². The van der Waals surface area contributed by atoms with Gasteiger partial charge in [0.25, 0.3) is 0 Å². The molecule has 1 aromatic carbocycles. The Morgan fingerprint density at radius 1 is 0.947 bits per heavy atom. The van der Waals surface area contributed by atoms with Gasteiger partial charge in [0.05, 0.1) is 0 Å². The molecule has 0 heterocycles. The van der Waals surface area contributed by atoms with Crippen molar-refractivity contribution in [3.8, 4) is 0 Å². The van der Waals surface area contributed by atoms with E-state index in [9.17, 15) is 14.4 Å². The SMILES string of the molecule is C[C](=O)[Hf]([C](C)=O)([C](C)=O)[CH]1C=Cc2ccccc21. The van der Waals surface area contributed by atoms with Crippen LogP contribution in [-0.4, -0.2) is 10.6 Å². The molecule has 0 amide bonds. The van der Waals surface area contributed by atoms with Crippen molar-refractivity contribution in [3.05, 3.63) is 41.5 Å². The zero-order valence-corrected chi connectivity index (χ0v) is 14.9. The van der Waals surface area contributed by atoms with Gasteiger partial charge < -0.3 is 0 Å². The summed E-state index contributed by atoms with van der Waals surface area (Å²) in [5.74, 6) is 0. The predicted octanol–water partition coefficient (Wildman–Crippen LogP) is 2.55. The molecule has 98 valence electrons. The van der Waals surface area contributed by atoms with Crippen LogP contribution < -0.4 is 0 Å². The van der Waals surface area contributed by atoms with Crippen LogP contribution in [0.25, 0.3) is 6.08 Å². The van der Waals surface area contributed by atoms with Gasteiger partial charge in [-0.1, -0.05) is 0 Å². The van der Waals surface area contributed by atoms with Crippen molar-refractivity contribution in [2.24, 2.45) is 0 Å². The Morgan fingerprint density at radius 2 is 1.47 bits per heavy atom. The number of benzene rings is 1. The summed E-state index contributed by atoms with van der Waals surface area (Å²) in [6, 6.07) is 7.67. The molecule has 1 atom stereocenters. The van der Waals surface area contributed by atoms with E-state index in [4.69, 9.17) is 0 Å². The average Bonchev–Trinajstić information content (AvgIpc) is 2.73. The summed E-state index contributed by atoms with van der Waals surface area (Å²) in [5, 5.41) is 0. The number of carbonyl (C=O) groups is 3. The van der Waals surface area contributed by atoms with Gasteiger partial charge in [0.1, 0.15) is 0 Å². The van der Waals surface area contributed by atoms with Crippen LogP contribution in [0.1, 0.15) is 35.6 Å². The second kappa shape index (κ2) is 5.08. The van der Waals surface area contributed by atoms with E-state index in [2.05, 4.69) is 0 Å². The molecule has 0 N–H and O–H groups in total. The molecule has 1 aliphatic rings. The first-order valence-electron chi connectivity index (χ1n) is 6.22. The van der Waals surface area contributed by atoms with Crippen LogP contribution in [-0.2, 0) is 34.4 Å². The van der Waals surface area contributed by atoms with Gasteiger partial charge in [-0.15, -0.1) is 0 Å². The Labute approximate surface area is 117 Å². The average molecular weight is 423 g/mol. The zero-order valence-electron chi connectivity index (χ0n) is 11.3. The van der Waals surface area contributed by atoms with Crippen LogP contribution in [0.15, 0.2) is 30.3 Å². The number of hydrogen-bond donors (Lipinski definition) is 0. The van der Waals surface area contributed by atoms with E-state index in [1.807, 2.05) is 36.4 Å². The topological polar surface area (TPSA) is 51.2 Å². The zero-order chi connectivity index (χ0) is 14.2. The molecule has 1 aromatic rings. The Kier molecular flexibility index (Phi) is 3.81. The molecule has 19 heavy (non-hydrogen) atoms. The molecular weight excluding hydrogens is 407 g/mol. The molecule has 2 rings (SSSR count). The van der Waals surface area contributed by atoms with Crippen molar-refractivity contribution in [1.82, 2.24) is 0 Å². The molecule has 3 nitrogen and oxygen atoms in total. The quantitative estimate of drug-likeness (QED) is 0.701. The van der Waals surface area contributed by atoms with E-state index in [1.165, 1.54) is 20.8 Å². The monoisotopic (exact) mass is 424 g/mol. The van der Waals surface area contributed by atoms with Gasteiger partial charge in [-0.25, -0.2) is 0 Å². The summed E-state index contributed by atoms with van der Waals surface area (Å²) < 4.78 is -0.771. The standard InChI is InChI=1S/C9H7.3C2H3O.Hf/c1-2-5-9-7-3-6-8(9)4-1;3*1-2-3;/h1-7H;3*1H3;. The minimum atomic E-state index is -4.41. The number of hydrogen-bond acceptors (Lipinski definition) is 3. The molecule has 0 saturated heterocycles. The van der Waals surface area contributed by atoms with Crippen molar-refractivity contribution in [2.75, 3.05) is 0 Å². The van der Waals surface area contributed by atoms with Crippen LogP contribution in [0.2, 0.25) is 0 Å². The van der Waals surface area contributed by atoms with Crippen LogP contribution in [0.3, 0.4) is 0 Å². The van der Waals surface area contributed by atoms with E-state index in [1.54, 1.807) is 0 Å². The summed E-state index contributed by atoms with van der Waals surface area (Å²) in [7, 11) is 0. The van der Waals surface area contributed by atoms with Crippen LogP contribution in [0.4, 0.5) is 0 Å². The molecule has 0 saturated carbocycles. The molecule has 0 fully saturated rings. The number of fused-ring (bicyclic) bond motifs is 1. The fraction of sp³-hybridized carbons (Fsp3) is 0.267. The summed E-state index contributed by atoms with van der Waals surface area (Å²) in [6.07, 6.45) is 3.81. The molecule has 0 aliphatic heterocycles. The Hall–Kier alpha value is -1.16. The Bertz CT molecular complexity index is 565. The first-order valence-corrected chi connectivity index (χ1v) is 13.7. The predicted molar refractivity (Wildman–Crippen MR) is 70.3 cm³/mol. The summed E-state index contributed by atoms with van der Waals surface area (Å²) in [4.78, 5) is 36.5. The van der Waals surface area contributed by atoms with E-state index in [0.29, 0.717) is 0 Å². The number of rotatable bonds is 4. The van der Waals surface area contributed by atoms with Crippen molar-refractivity contribution in [2.45, 2.75) is 24.4 Å². The molecule has 0 spiro atoms. The molecular formula is C15H16HfO3. The van der Waals surface area contributed by atoms with Gasteiger partial charge in [0.15, 0.2) is 0 Å². The first-order chi connectivity index (χ1) is 8.92. The third kappa shape index (κ3) is 2.02. The molecule has 1 unspecified atom stereocenters. The van der Waals surface area contributed by atoms with Crippen molar-refractivity contribution >= 4 is 16.7 Å². The van der Waals surface area contributed by atoms with Crippen LogP contribution in [0, 0.1) is 0 Å².